The minimum Gasteiger partial charge on any atom is -0.0639 e. The van der Waals surface area contributed by atoms with E-state index >= 15 is 0 Å². The van der Waals surface area contributed by atoms with Gasteiger partial charge in [-0.1, -0.05) is 64.4 Å². The molecular formula is C13H19B. The van der Waals surface area contributed by atoms with Crippen LogP contribution < -0.4 is 0 Å². The van der Waals surface area contributed by atoms with Crippen LogP contribution in [0.25, 0.3) is 0 Å². The van der Waals surface area contributed by atoms with Crippen molar-refractivity contribution in [2.24, 2.45) is 0 Å². The molecule has 0 saturated heterocycles. The van der Waals surface area contributed by atoms with Gasteiger partial charge in [0.15, 0.2) is 0 Å². The second kappa shape index (κ2) is 3.45. The van der Waals surface area contributed by atoms with Crippen LogP contribution in [0.4, 0.5) is 0 Å². The summed E-state index contributed by atoms with van der Waals surface area (Å²) < 4.78 is 0. The van der Waals surface area contributed by atoms with Gasteiger partial charge in [-0.15, -0.1) is 0 Å². The lowest BCUT2D eigenvalue weighted by molar-refractivity contribution is 0.589. The molecule has 0 aliphatic heterocycles. The molecule has 0 aliphatic rings. The van der Waals surface area contributed by atoms with E-state index in [1.54, 1.807) is 0 Å². The summed E-state index contributed by atoms with van der Waals surface area (Å²) in [5.74, 6) is 0. The second-order valence-electron chi connectivity index (χ2n) is 5.55. The van der Waals surface area contributed by atoms with Crippen LogP contribution in [0.2, 0.25) is 0 Å². The van der Waals surface area contributed by atoms with Gasteiger partial charge in [-0.2, -0.15) is 0 Å². The first-order chi connectivity index (χ1) is 6.21. The summed E-state index contributed by atoms with van der Waals surface area (Å²) in [7, 11) is 6.02. The predicted octanol–water partition coefficient (Wildman–Crippen LogP) is 3.39. The number of rotatable bonds is 1. The second-order valence-corrected chi connectivity index (χ2v) is 5.55. The van der Waals surface area contributed by atoms with Crippen LogP contribution in [0.15, 0.2) is 24.3 Å². The highest BCUT2D eigenvalue weighted by atomic mass is 14.2. The molecule has 1 aromatic carbocycles. The standard InChI is InChI=1S/C13H19B/c1-12(2,3)10-6-8-11(9-7-10)13(4,5)14/h6-9H,1-5H3. The van der Waals surface area contributed by atoms with Crippen molar-refractivity contribution < 1.29 is 0 Å². The van der Waals surface area contributed by atoms with Crippen LogP contribution in [0.3, 0.4) is 0 Å². The minimum atomic E-state index is -0.240. The molecule has 0 nitrogen and oxygen atoms in total. The van der Waals surface area contributed by atoms with Gasteiger partial charge in [0.1, 0.15) is 0 Å². The van der Waals surface area contributed by atoms with E-state index in [1.807, 2.05) is 13.8 Å². The Kier molecular flexibility index (Phi) is 2.80. The molecule has 0 N–H and O–H groups in total. The van der Waals surface area contributed by atoms with Gasteiger partial charge in [0, 0.05) is 0 Å². The molecule has 0 aliphatic carbocycles. The van der Waals surface area contributed by atoms with E-state index in [0.29, 0.717) is 0 Å². The molecule has 74 valence electrons. The first-order valence-electron chi connectivity index (χ1n) is 5.11. The molecule has 0 atom stereocenters. The number of benzene rings is 1. The molecule has 1 aromatic rings. The number of hydrogen-bond acceptors (Lipinski definition) is 0. The van der Waals surface area contributed by atoms with Crippen molar-refractivity contribution in [2.45, 2.75) is 45.3 Å². The SMILES string of the molecule is [B]C(C)(C)c1ccc(C(C)(C)C)cc1. The van der Waals surface area contributed by atoms with Crippen LogP contribution in [0.1, 0.15) is 45.7 Å². The van der Waals surface area contributed by atoms with Crippen LogP contribution in [0, 0.1) is 0 Å². The first kappa shape index (κ1) is 11.4. The Morgan fingerprint density at radius 1 is 0.786 bits per heavy atom. The summed E-state index contributed by atoms with van der Waals surface area (Å²) in [6, 6.07) is 8.59. The molecule has 2 radical (unpaired) electrons. The van der Waals surface area contributed by atoms with Gasteiger partial charge >= 0.3 is 0 Å². The molecule has 1 rings (SSSR count). The van der Waals surface area contributed by atoms with Gasteiger partial charge in [-0.25, -0.2) is 0 Å². The fraction of sp³-hybridized carbons (Fsp3) is 0.538. The smallest absolute Gasteiger partial charge is 0.0639 e. The highest BCUT2D eigenvalue weighted by Crippen LogP contribution is 2.25. The minimum absolute atomic E-state index is 0.220. The molecule has 0 fully saturated rings. The highest BCUT2D eigenvalue weighted by Gasteiger charge is 2.16. The highest BCUT2D eigenvalue weighted by molar-refractivity contribution is 6.15. The van der Waals surface area contributed by atoms with Crippen molar-refractivity contribution in [3.05, 3.63) is 35.4 Å². The van der Waals surface area contributed by atoms with Crippen molar-refractivity contribution >= 4 is 7.85 Å². The van der Waals surface area contributed by atoms with E-state index in [0.717, 1.165) is 0 Å². The molecule has 0 saturated carbocycles. The van der Waals surface area contributed by atoms with Gasteiger partial charge in [0.2, 0.25) is 0 Å². The van der Waals surface area contributed by atoms with Crippen LogP contribution in [0.5, 0.6) is 0 Å². The van der Waals surface area contributed by atoms with E-state index in [2.05, 4.69) is 45.0 Å². The fourth-order valence-electron chi connectivity index (χ4n) is 1.40. The average molecular weight is 186 g/mol. The maximum Gasteiger partial charge on any atom is 0.0802 e. The van der Waals surface area contributed by atoms with Crippen molar-refractivity contribution in [3.8, 4) is 0 Å². The Morgan fingerprint density at radius 2 is 1.14 bits per heavy atom. The summed E-state index contributed by atoms with van der Waals surface area (Å²) in [6.45, 7) is 10.7. The predicted molar refractivity (Wildman–Crippen MR) is 63.9 cm³/mol. The third kappa shape index (κ3) is 2.63. The lowest BCUT2D eigenvalue weighted by Crippen LogP contribution is -2.17. The van der Waals surface area contributed by atoms with Crippen LogP contribution >= 0.6 is 0 Å². The molecule has 1 heteroatoms. The molecule has 0 heterocycles. The van der Waals surface area contributed by atoms with Gasteiger partial charge < -0.3 is 0 Å². The Morgan fingerprint density at radius 3 is 1.43 bits per heavy atom. The summed E-state index contributed by atoms with van der Waals surface area (Å²) in [5.41, 5.74) is 2.76. The van der Waals surface area contributed by atoms with Crippen LogP contribution in [-0.2, 0) is 10.7 Å². The zero-order chi connectivity index (χ0) is 11.0. The Hall–Kier alpha value is -0.715. The van der Waals surface area contributed by atoms with Gasteiger partial charge in [0.05, 0.1) is 7.85 Å². The number of hydrogen-bond donors (Lipinski definition) is 0. The molecule has 0 aromatic heterocycles. The van der Waals surface area contributed by atoms with Crippen molar-refractivity contribution in [2.75, 3.05) is 0 Å². The maximum absolute atomic E-state index is 6.02. The first-order valence-corrected chi connectivity index (χ1v) is 5.11. The molecule has 0 amide bonds. The fourth-order valence-corrected chi connectivity index (χ4v) is 1.40. The van der Waals surface area contributed by atoms with E-state index in [9.17, 15) is 0 Å². The summed E-state index contributed by atoms with van der Waals surface area (Å²) in [4.78, 5) is 0. The molecule has 0 spiro atoms. The van der Waals surface area contributed by atoms with E-state index in [4.69, 9.17) is 7.85 Å². The topological polar surface area (TPSA) is 0 Å². The quantitative estimate of drug-likeness (QED) is 0.589. The Labute approximate surface area is 89.1 Å². The third-order valence-corrected chi connectivity index (χ3v) is 2.49. The zero-order valence-corrected chi connectivity index (χ0v) is 9.89. The van der Waals surface area contributed by atoms with Crippen molar-refractivity contribution in [1.82, 2.24) is 0 Å². The van der Waals surface area contributed by atoms with Gasteiger partial charge in [-0.05, 0) is 16.3 Å². The van der Waals surface area contributed by atoms with E-state index in [1.165, 1.54) is 11.1 Å². The Balaban J connectivity index is 3.02. The van der Waals surface area contributed by atoms with Crippen molar-refractivity contribution in [1.29, 1.82) is 0 Å². The monoisotopic (exact) mass is 186 g/mol. The summed E-state index contributed by atoms with van der Waals surface area (Å²) in [6.07, 6.45) is 0. The van der Waals surface area contributed by atoms with Crippen molar-refractivity contribution in [3.63, 3.8) is 0 Å². The Bertz CT molecular complexity index is 262. The van der Waals surface area contributed by atoms with Gasteiger partial charge in [0.25, 0.3) is 0 Å². The molecule has 0 bridgehead atoms. The van der Waals surface area contributed by atoms with Gasteiger partial charge in [-0.3, -0.25) is 0 Å². The molecule has 0 unspecified atom stereocenters. The summed E-state index contributed by atoms with van der Waals surface area (Å²) in [5, 5.41) is -0.240. The normalized spacial score (nSPS) is 12.9. The molecule has 14 heavy (non-hydrogen) atoms. The van der Waals surface area contributed by atoms with E-state index in [-0.39, 0.29) is 10.7 Å². The average Bonchev–Trinajstić information content (AvgIpc) is 2.01. The third-order valence-electron chi connectivity index (χ3n) is 2.49. The lowest BCUT2D eigenvalue weighted by atomic mass is 9.67. The lowest BCUT2D eigenvalue weighted by Gasteiger charge is -2.23. The zero-order valence-electron chi connectivity index (χ0n) is 9.89. The largest absolute Gasteiger partial charge is 0.0802 e. The van der Waals surface area contributed by atoms with E-state index < -0.39 is 0 Å². The maximum atomic E-state index is 6.02. The molecular weight excluding hydrogens is 167 g/mol. The van der Waals surface area contributed by atoms with Crippen LogP contribution in [-0.4, -0.2) is 7.85 Å². The summed E-state index contributed by atoms with van der Waals surface area (Å²) >= 11 is 0.